The summed E-state index contributed by atoms with van der Waals surface area (Å²) in [5, 5.41) is 11.6. The molecule has 14 heavy (non-hydrogen) atoms. The van der Waals surface area contributed by atoms with Crippen LogP contribution in [0.25, 0.3) is 0 Å². The first kappa shape index (κ1) is 11.0. The number of nitrogens with one attached hydrogen (secondary N) is 1. The van der Waals surface area contributed by atoms with Gasteiger partial charge in [-0.1, -0.05) is 0 Å². The van der Waals surface area contributed by atoms with Crippen molar-refractivity contribution < 1.29 is 14.7 Å². The van der Waals surface area contributed by atoms with Gasteiger partial charge < -0.3 is 15.3 Å². The summed E-state index contributed by atoms with van der Waals surface area (Å²) in [6.45, 7) is 1.52. The molecule has 0 saturated carbocycles. The summed E-state index contributed by atoms with van der Waals surface area (Å²) in [5.41, 5.74) is 0. The van der Waals surface area contributed by atoms with Crippen molar-refractivity contribution in [3.63, 3.8) is 0 Å². The van der Waals surface area contributed by atoms with Gasteiger partial charge in [-0.3, -0.25) is 9.59 Å². The zero-order valence-electron chi connectivity index (χ0n) is 8.32. The Bertz CT molecular complexity index is 230. The van der Waals surface area contributed by atoms with Gasteiger partial charge in [0.25, 0.3) is 0 Å². The normalized spacial score (nSPS) is 23.4. The second-order valence-electron chi connectivity index (χ2n) is 3.55. The summed E-state index contributed by atoms with van der Waals surface area (Å²) in [6, 6.07) is -0.321. The maximum Gasteiger partial charge on any atom is 0.303 e. The number of hydrogen-bond acceptors (Lipinski definition) is 3. The average Bonchev–Trinajstić information content (AvgIpc) is 2.28. The quantitative estimate of drug-likeness (QED) is 0.654. The van der Waals surface area contributed by atoms with Crippen molar-refractivity contribution in [3.8, 4) is 0 Å². The minimum Gasteiger partial charge on any atom is -0.481 e. The van der Waals surface area contributed by atoms with Gasteiger partial charge in [-0.15, -0.1) is 0 Å². The van der Waals surface area contributed by atoms with Gasteiger partial charge >= 0.3 is 5.97 Å². The van der Waals surface area contributed by atoms with Crippen LogP contribution in [0.2, 0.25) is 0 Å². The molecule has 1 heterocycles. The van der Waals surface area contributed by atoms with Crippen molar-refractivity contribution in [2.24, 2.45) is 0 Å². The van der Waals surface area contributed by atoms with Crippen LogP contribution in [0.5, 0.6) is 0 Å². The number of hydrogen-bond donors (Lipinski definition) is 2. The van der Waals surface area contributed by atoms with Crippen LogP contribution in [0.3, 0.4) is 0 Å². The summed E-state index contributed by atoms with van der Waals surface area (Å²) in [4.78, 5) is 23.7. The van der Waals surface area contributed by atoms with Gasteiger partial charge in [-0.2, -0.15) is 0 Å². The summed E-state index contributed by atoms with van der Waals surface area (Å²) in [7, 11) is 1.75. The van der Waals surface area contributed by atoms with Crippen LogP contribution >= 0.6 is 0 Å². The lowest BCUT2D eigenvalue weighted by Crippen LogP contribution is -2.42. The zero-order chi connectivity index (χ0) is 10.6. The molecule has 5 nitrogen and oxygen atoms in total. The number of carbonyl (C=O) groups is 2. The second kappa shape index (κ2) is 4.95. The fourth-order valence-corrected chi connectivity index (χ4v) is 1.55. The first-order valence-electron chi connectivity index (χ1n) is 4.81. The van der Waals surface area contributed by atoms with E-state index in [-0.39, 0.29) is 18.4 Å². The predicted octanol–water partition coefficient (Wildman–Crippen LogP) is -0.328. The molecule has 0 aromatic heterocycles. The van der Waals surface area contributed by atoms with Gasteiger partial charge in [0.15, 0.2) is 0 Å². The van der Waals surface area contributed by atoms with Crippen molar-refractivity contribution in [1.29, 1.82) is 0 Å². The third kappa shape index (κ3) is 2.99. The molecule has 1 saturated heterocycles. The molecule has 1 atom stereocenters. The maximum atomic E-state index is 11.6. The third-order valence-corrected chi connectivity index (χ3v) is 2.38. The Balaban J connectivity index is 2.48. The Morgan fingerprint density at radius 3 is 3.07 bits per heavy atom. The summed E-state index contributed by atoms with van der Waals surface area (Å²) in [5.74, 6) is -0.852. The minimum absolute atomic E-state index is 0.00347. The van der Waals surface area contributed by atoms with E-state index >= 15 is 0 Å². The van der Waals surface area contributed by atoms with E-state index in [0.29, 0.717) is 6.42 Å². The Morgan fingerprint density at radius 2 is 2.43 bits per heavy atom. The summed E-state index contributed by atoms with van der Waals surface area (Å²) >= 11 is 0. The largest absolute Gasteiger partial charge is 0.481 e. The molecule has 1 amide bonds. The molecular weight excluding hydrogens is 184 g/mol. The van der Waals surface area contributed by atoms with Crippen molar-refractivity contribution in [2.45, 2.75) is 25.3 Å². The topological polar surface area (TPSA) is 69.6 Å². The second-order valence-corrected chi connectivity index (χ2v) is 3.55. The number of aliphatic carboxylic acids is 1. The van der Waals surface area contributed by atoms with Gasteiger partial charge in [0.2, 0.25) is 5.91 Å². The molecule has 0 radical (unpaired) electrons. The first-order chi connectivity index (χ1) is 6.61. The molecule has 1 unspecified atom stereocenters. The van der Waals surface area contributed by atoms with E-state index in [1.165, 1.54) is 0 Å². The molecule has 1 rings (SSSR count). The Morgan fingerprint density at radius 1 is 1.71 bits per heavy atom. The lowest BCUT2D eigenvalue weighted by Gasteiger charge is -2.19. The highest BCUT2D eigenvalue weighted by Crippen LogP contribution is 2.05. The van der Waals surface area contributed by atoms with Crippen LogP contribution < -0.4 is 5.32 Å². The Hall–Kier alpha value is -1.10. The zero-order valence-corrected chi connectivity index (χ0v) is 8.32. The van der Waals surface area contributed by atoms with Crippen LogP contribution in [0.15, 0.2) is 0 Å². The van der Waals surface area contributed by atoms with E-state index in [9.17, 15) is 9.59 Å². The van der Waals surface area contributed by atoms with Gasteiger partial charge in [-0.25, -0.2) is 0 Å². The molecule has 80 valence electrons. The average molecular weight is 200 g/mol. The van der Waals surface area contributed by atoms with E-state index in [2.05, 4.69) is 5.32 Å². The number of carboxylic acid groups (broad SMARTS) is 1. The molecular formula is C9H16N2O3. The highest BCUT2D eigenvalue weighted by atomic mass is 16.4. The number of carboxylic acids is 1. The Labute approximate surface area is 83.1 Å². The molecule has 0 bridgehead atoms. The molecule has 1 aliphatic rings. The van der Waals surface area contributed by atoms with Crippen LogP contribution in [0, 0.1) is 0 Å². The first-order valence-corrected chi connectivity index (χ1v) is 4.81. The highest BCUT2D eigenvalue weighted by molar-refractivity contribution is 5.82. The van der Waals surface area contributed by atoms with Crippen LogP contribution in [-0.4, -0.2) is 48.1 Å². The molecule has 1 aliphatic heterocycles. The molecule has 0 aromatic rings. The van der Waals surface area contributed by atoms with E-state index in [4.69, 9.17) is 5.11 Å². The number of likely N-dealkylation sites (N-methyl/N-ethyl adjacent to an activating group) is 1. The van der Waals surface area contributed by atoms with Crippen LogP contribution in [-0.2, 0) is 9.59 Å². The predicted molar refractivity (Wildman–Crippen MR) is 50.9 cm³/mol. The van der Waals surface area contributed by atoms with E-state index in [0.717, 1.165) is 19.5 Å². The molecule has 0 spiro atoms. The monoisotopic (exact) mass is 200 g/mol. The van der Waals surface area contributed by atoms with Crippen molar-refractivity contribution >= 4 is 11.9 Å². The number of rotatable bonds is 3. The standard InChI is InChI=1S/C9H16N2O3/c1-11-6-2-5-10-7(9(11)14)3-4-8(12)13/h7,10H,2-6H2,1H3,(H,12,13). The smallest absolute Gasteiger partial charge is 0.303 e. The summed E-state index contributed by atoms with van der Waals surface area (Å²) < 4.78 is 0. The van der Waals surface area contributed by atoms with Crippen LogP contribution in [0.1, 0.15) is 19.3 Å². The third-order valence-electron chi connectivity index (χ3n) is 2.38. The van der Waals surface area contributed by atoms with E-state index < -0.39 is 5.97 Å². The number of carbonyl (C=O) groups excluding carboxylic acids is 1. The fourth-order valence-electron chi connectivity index (χ4n) is 1.55. The Kier molecular flexibility index (Phi) is 3.88. The van der Waals surface area contributed by atoms with Crippen molar-refractivity contribution in [2.75, 3.05) is 20.1 Å². The van der Waals surface area contributed by atoms with E-state index in [1.54, 1.807) is 11.9 Å². The lowest BCUT2D eigenvalue weighted by molar-refractivity contribution is -0.137. The van der Waals surface area contributed by atoms with Gasteiger partial charge in [-0.05, 0) is 19.4 Å². The van der Waals surface area contributed by atoms with E-state index in [1.807, 2.05) is 0 Å². The highest BCUT2D eigenvalue weighted by Gasteiger charge is 2.24. The van der Waals surface area contributed by atoms with Gasteiger partial charge in [0.1, 0.15) is 0 Å². The molecule has 1 fully saturated rings. The minimum atomic E-state index is -0.855. The fraction of sp³-hybridized carbons (Fsp3) is 0.778. The summed E-state index contributed by atoms with van der Waals surface area (Å²) in [6.07, 6.45) is 1.33. The van der Waals surface area contributed by atoms with Crippen molar-refractivity contribution in [1.82, 2.24) is 10.2 Å². The van der Waals surface area contributed by atoms with Gasteiger partial charge in [0.05, 0.1) is 6.04 Å². The molecule has 0 aromatic carbocycles. The van der Waals surface area contributed by atoms with Gasteiger partial charge in [0, 0.05) is 20.0 Å². The van der Waals surface area contributed by atoms with Crippen molar-refractivity contribution in [3.05, 3.63) is 0 Å². The maximum absolute atomic E-state index is 11.6. The molecule has 0 aliphatic carbocycles. The molecule has 5 heteroatoms. The number of amides is 1. The number of nitrogens with zero attached hydrogens (tertiary/aromatic N) is 1. The SMILES string of the molecule is CN1CCCNC(CCC(=O)O)C1=O. The van der Waals surface area contributed by atoms with Crippen LogP contribution in [0.4, 0.5) is 0 Å². The molecule has 2 N–H and O–H groups in total. The lowest BCUT2D eigenvalue weighted by atomic mass is 10.1.